The molecule has 0 fully saturated rings. The zero-order valence-electron chi connectivity index (χ0n) is 8.69. The quantitative estimate of drug-likeness (QED) is 0.929. The van der Waals surface area contributed by atoms with E-state index < -0.39 is 0 Å². The van der Waals surface area contributed by atoms with E-state index in [1.54, 1.807) is 0 Å². The van der Waals surface area contributed by atoms with Crippen LogP contribution >= 0.6 is 15.9 Å². The van der Waals surface area contributed by atoms with Crippen LogP contribution in [0.1, 0.15) is 5.56 Å². The predicted molar refractivity (Wildman–Crippen MR) is 68.5 cm³/mol. The summed E-state index contributed by atoms with van der Waals surface area (Å²) in [5.74, 6) is 1.63. The number of hydrogen-bond acceptors (Lipinski definition) is 2. The molecule has 0 aliphatic carbocycles. The van der Waals surface area contributed by atoms with Crippen molar-refractivity contribution in [2.75, 3.05) is 0 Å². The fraction of sp³-hybridized carbons (Fsp3) is 0.0769. The van der Waals surface area contributed by atoms with Crippen LogP contribution in [0.25, 0.3) is 0 Å². The van der Waals surface area contributed by atoms with E-state index in [-0.39, 0.29) is 0 Å². The van der Waals surface area contributed by atoms with Crippen molar-refractivity contribution in [1.29, 1.82) is 0 Å². The van der Waals surface area contributed by atoms with Crippen molar-refractivity contribution in [3.8, 4) is 11.5 Å². The van der Waals surface area contributed by atoms with Gasteiger partial charge in [0.2, 0.25) is 0 Å². The van der Waals surface area contributed by atoms with E-state index >= 15 is 0 Å². The summed E-state index contributed by atoms with van der Waals surface area (Å²) in [5.41, 5.74) is 6.63. The van der Waals surface area contributed by atoms with Crippen LogP contribution in [-0.4, -0.2) is 0 Å². The third kappa shape index (κ3) is 2.84. The van der Waals surface area contributed by atoms with Crippen molar-refractivity contribution in [3.05, 3.63) is 58.6 Å². The summed E-state index contributed by atoms with van der Waals surface area (Å²) in [5, 5.41) is 0. The first-order chi connectivity index (χ1) is 7.78. The van der Waals surface area contributed by atoms with Gasteiger partial charge in [-0.25, -0.2) is 0 Å². The van der Waals surface area contributed by atoms with Crippen molar-refractivity contribution in [2.45, 2.75) is 6.54 Å². The smallest absolute Gasteiger partial charge is 0.127 e. The molecule has 0 radical (unpaired) electrons. The molecule has 82 valence electrons. The highest BCUT2D eigenvalue weighted by atomic mass is 79.9. The lowest BCUT2D eigenvalue weighted by Gasteiger charge is -2.06. The van der Waals surface area contributed by atoms with E-state index in [4.69, 9.17) is 10.5 Å². The van der Waals surface area contributed by atoms with Crippen LogP contribution < -0.4 is 10.5 Å². The highest BCUT2D eigenvalue weighted by molar-refractivity contribution is 9.10. The van der Waals surface area contributed by atoms with E-state index in [0.717, 1.165) is 21.5 Å². The molecule has 2 rings (SSSR count). The Morgan fingerprint density at radius 3 is 2.44 bits per heavy atom. The molecule has 2 aromatic carbocycles. The van der Waals surface area contributed by atoms with Crippen LogP contribution in [0.3, 0.4) is 0 Å². The van der Waals surface area contributed by atoms with Gasteiger partial charge in [-0.2, -0.15) is 0 Å². The van der Waals surface area contributed by atoms with Gasteiger partial charge in [0.05, 0.1) is 0 Å². The minimum atomic E-state index is 0.525. The summed E-state index contributed by atoms with van der Waals surface area (Å²) in [4.78, 5) is 0. The van der Waals surface area contributed by atoms with Crippen molar-refractivity contribution in [2.24, 2.45) is 5.73 Å². The normalized spacial score (nSPS) is 10.1. The van der Waals surface area contributed by atoms with Crippen LogP contribution in [-0.2, 0) is 6.54 Å². The molecular weight excluding hydrogens is 266 g/mol. The van der Waals surface area contributed by atoms with Gasteiger partial charge in [0.15, 0.2) is 0 Å². The molecule has 0 atom stereocenters. The summed E-state index contributed by atoms with van der Waals surface area (Å²) < 4.78 is 6.74. The Kier molecular flexibility index (Phi) is 3.59. The zero-order chi connectivity index (χ0) is 11.4. The van der Waals surface area contributed by atoms with E-state index in [0.29, 0.717) is 6.54 Å². The van der Waals surface area contributed by atoms with Gasteiger partial charge in [-0.15, -0.1) is 0 Å². The summed E-state index contributed by atoms with van der Waals surface area (Å²) >= 11 is 3.38. The van der Waals surface area contributed by atoms with E-state index in [1.165, 1.54) is 0 Å². The predicted octanol–water partition coefficient (Wildman–Crippen LogP) is 3.70. The molecule has 0 aromatic heterocycles. The van der Waals surface area contributed by atoms with Crippen molar-refractivity contribution < 1.29 is 4.74 Å². The Morgan fingerprint density at radius 1 is 1.00 bits per heavy atom. The Hall–Kier alpha value is -1.32. The Balaban J connectivity index is 2.16. The molecule has 2 aromatic rings. The summed E-state index contributed by atoms with van der Waals surface area (Å²) in [6, 6.07) is 15.5. The van der Waals surface area contributed by atoms with Crippen molar-refractivity contribution >= 4 is 15.9 Å². The van der Waals surface area contributed by atoms with Gasteiger partial charge in [0, 0.05) is 11.0 Å². The first-order valence-electron chi connectivity index (χ1n) is 5.00. The van der Waals surface area contributed by atoms with Gasteiger partial charge in [-0.1, -0.05) is 28.1 Å². The summed E-state index contributed by atoms with van der Waals surface area (Å²) in [6.07, 6.45) is 0. The molecule has 0 spiro atoms. The lowest BCUT2D eigenvalue weighted by molar-refractivity contribution is 0.482. The molecule has 0 heterocycles. The Morgan fingerprint density at radius 2 is 1.75 bits per heavy atom. The van der Waals surface area contributed by atoms with Crippen LogP contribution in [0.15, 0.2) is 53.0 Å². The molecule has 0 aliphatic rings. The minimum Gasteiger partial charge on any atom is -0.457 e. The van der Waals surface area contributed by atoms with Crippen molar-refractivity contribution in [3.63, 3.8) is 0 Å². The number of hydrogen-bond donors (Lipinski definition) is 1. The number of ether oxygens (including phenoxy) is 1. The van der Waals surface area contributed by atoms with Crippen molar-refractivity contribution in [1.82, 2.24) is 0 Å². The molecular formula is C13H12BrNO. The standard InChI is InChI=1S/C13H12BrNO/c14-11-4-6-12(7-5-11)16-13-3-1-2-10(8-13)9-15/h1-8H,9,15H2. The third-order valence-corrected chi connectivity index (χ3v) is 2.71. The molecule has 0 bridgehead atoms. The number of halogens is 1. The maximum absolute atomic E-state index is 5.70. The molecule has 0 unspecified atom stereocenters. The van der Waals surface area contributed by atoms with Gasteiger partial charge in [-0.05, 0) is 42.0 Å². The average molecular weight is 278 g/mol. The molecule has 2 N–H and O–H groups in total. The van der Waals surface area contributed by atoms with Gasteiger partial charge >= 0.3 is 0 Å². The number of benzene rings is 2. The number of rotatable bonds is 3. The maximum atomic E-state index is 5.70. The lowest BCUT2D eigenvalue weighted by Crippen LogP contribution is -1.95. The fourth-order valence-corrected chi connectivity index (χ4v) is 1.64. The molecule has 3 heteroatoms. The van der Waals surface area contributed by atoms with E-state index in [2.05, 4.69) is 15.9 Å². The fourth-order valence-electron chi connectivity index (χ4n) is 1.37. The van der Waals surface area contributed by atoms with Gasteiger partial charge in [-0.3, -0.25) is 0 Å². The first-order valence-corrected chi connectivity index (χ1v) is 5.79. The van der Waals surface area contributed by atoms with Gasteiger partial charge in [0.25, 0.3) is 0 Å². The first kappa shape index (κ1) is 11.2. The number of nitrogens with two attached hydrogens (primary N) is 1. The lowest BCUT2D eigenvalue weighted by atomic mass is 10.2. The van der Waals surface area contributed by atoms with Crippen LogP contribution in [0.4, 0.5) is 0 Å². The second-order valence-electron chi connectivity index (χ2n) is 3.41. The largest absolute Gasteiger partial charge is 0.457 e. The molecule has 16 heavy (non-hydrogen) atoms. The molecule has 0 saturated carbocycles. The average Bonchev–Trinajstić information content (AvgIpc) is 2.32. The zero-order valence-corrected chi connectivity index (χ0v) is 10.3. The van der Waals surface area contributed by atoms with Gasteiger partial charge in [0.1, 0.15) is 11.5 Å². The maximum Gasteiger partial charge on any atom is 0.127 e. The highest BCUT2D eigenvalue weighted by Gasteiger charge is 1.98. The van der Waals surface area contributed by atoms with Crippen LogP contribution in [0.5, 0.6) is 11.5 Å². The second-order valence-corrected chi connectivity index (χ2v) is 4.32. The Bertz CT molecular complexity index is 468. The van der Waals surface area contributed by atoms with E-state index in [9.17, 15) is 0 Å². The minimum absolute atomic E-state index is 0.525. The monoisotopic (exact) mass is 277 g/mol. The van der Waals surface area contributed by atoms with Crippen LogP contribution in [0.2, 0.25) is 0 Å². The summed E-state index contributed by atoms with van der Waals surface area (Å²) in [7, 11) is 0. The molecule has 2 nitrogen and oxygen atoms in total. The van der Waals surface area contributed by atoms with Gasteiger partial charge < -0.3 is 10.5 Å². The third-order valence-electron chi connectivity index (χ3n) is 2.18. The molecule has 0 amide bonds. The topological polar surface area (TPSA) is 35.2 Å². The SMILES string of the molecule is NCc1cccc(Oc2ccc(Br)cc2)c1. The second kappa shape index (κ2) is 5.14. The summed E-state index contributed by atoms with van der Waals surface area (Å²) in [6.45, 7) is 0.525. The van der Waals surface area contributed by atoms with E-state index in [1.807, 2.05) is 48.5 Å². The Labute approximate surface area is 103 Å². The van der Waals surface area contributed by atoms with Crippen LogP contribution in [0, 0.1) is 0 Å². The molecule has 0 saturated heterocycles. The highest BCUT2D eigenvalue weighted by Crippen LogP contribution is 2.23. The molecule has 0 aliphatic heterocycles.